The van der Waals surface area contributed by atoms with Crippen LogP contribution in [0.25, 0.3) is 0 Å². The van der Waals surface area contributed by atoms with Gasteiger partial charge in [-0.15, -0.1) is 0 Å². The summed E-state index contributed by atoms with van der Waals surface area (Å²) in [4.78, 5) is 12.3. The number of rotatable bonds is 9. The highest BCUT2D eigenvalue weighted by atomic mass is 28.4. The molecule has 0 aromatic heterocycles. The van der Waals surface area contributed by atoms with E-state index in [1.54, 1.807) is 0 Å². The highest BCUT2D eigenvalue weighted by molar-refractivity contribution is 6.70. The van der Waals surface area contributed by atoms with Crippen LogP contribution < -0.4 is 0 Å². The van der Waals surface area contributed by atoms with Crippen LogP contribution >= 0.6 is 0 Å². The van der Waals surface area contributed by atoms with Gasteiger partial charge in [-0.05, 0) is 51.1 Å². The van der Waals surface area contributed by atoms with Crippen LogP contribution in [0.15, 0.2) is 0 Å². The van der Waals surface area contributed by atoms with E-state index in [0.29, 0.717) is 16.7 Å². The lowest BCUT2D eigenvalue weighted by Crippen LogP contribution is -2.59. The molecule has 2 atom stereocenters. The zero-order valence-corrected chi connectivity index (χ0v) is 21.1. The molecule has 0 rings (SSSR count). The topological polar surface area (TPSA) is 44.8 Å². The molecule has 0 aliphatic carbocycles. The summed E-state index contributed by atoms with van der Waals surface area (Å²) in [7, 11) is -3.09. The van der Waals surface area contributed by atoms with Crippen molar-refractivity contribution in [2.75, 3.05) is 0 Å². The monoisotopic (exact) mass is 378 g/mol. The number of hydrogen-bond donors (Lipinski definition) is 0. The third-order valence-corrected chi connectivity index (χ3v) is 6.37. The minimum absolute atomic E-state index is 0.182. The Morgan fingerprint density at radius 1 is 1.00 bits per heavy atom. The average molecular weight is 379 g/mol. The fourth-order valence-electron chi connectivity index (χ4n) is 2.58. The second kappa shape index (κ2) is 8.42. The fraction of sp³-hybridized carbons (Fsp3) is 0.938. The zero-order chi connectivity index (χ0) is 18.6. The summed E-state index contributed by atoms with van der Waals surface area (Å²) in [5.74, 6) is 0.316. The predicted molar refractivity (Wildman–Crippen MR) is 106 cm³/mol. The van der Waals surface area contributed by atoms with E-state index in [4.69, 9.17) is 13.6 Å². The molecule has 0 N–H and O–H groups in total. The predicted octanol–water partition coefficient (Wildman–Crippen LogP) is 3.32. The maximum Gasteiger partial charge on any atom is 0.308 e. The molecule has 0 aliphatic rings. The lowest BCUT2D eigenvalue weighted by molar-refractivity contribution is -0.202. The Labute approximate surface area is 148 Å². The van der Waals surface area contributed by atoms with Gasteiger partial charge < -0.3 is 13.6 Å². The Hall–Kier alpha value is 0.0406. The molecule has 0 aromatic rings. The van der Waals surface area contributed by atoms with Gasteiger partial charge in [-0.25, -0.2) is 0 Å². The normalized spacial score (nSPS) is 17.4. The number of carbonyl (C=O) groups is 1. The number of ether oxygens (including phenoxy) is 1. The zero-order valence-electron chi connectivity index (χ0n) is 17.1. The van der Waals surface area contributed by atoms with Crippen molar-refractivity contribution in [3.05, 3.63) is 0 Å². The van der Waals surface area contributed by atoms with Gasteiger partial charge in [-0.3, -0.25) is 4.79 Å². The summed E-state index contributed by atoms with van der Waals surface area (Å²) in [6.07, 6.45) is 0.209. The summed E-state index contributed by atoms with van der Waals surface area (Å²) in [6.45, 7) is 21.1. The Morgan fingerprint density at radius 3 is 1.78 bits per heavy atom. The molecule has 138 valence electrons. The lowest BCUT2D eigenvalue weighted by atomic mass is 10.1. The van der Waals surface area contributed by atoms with Gasteiger partial charge >= 0.3 is 5.97 Å². The van der Waals surface area contributed by atoms with E-state index in [-0.39, 0.29) is 23.9 Å². The number of esters is 1. The summed E-state index contributed by atoms with van der Waals surface area (Å²) in [5.41, 5.74) is -0.898. The first kappa shape index (κ1) is 23.0. The minimum atomic E-state index is -1.89. The molecule has 0 spiro atoms. The molecular formula is C16H38O4Si3. The van der Waals surface area contributed by atoms with Gasteiger partial charge in [-0.2, -0.15) is 0 Å². The molecule has 0 bridgehead atoms. The Balaban J connectivity index is 5.56. The van der Waals surface area contributed by atoms with E-state index in [2.05, 4.69) is 53.1 Å². The lowest BCUT2D eigenvalue weighted by Gasteiger charge is -2.45. The molecule has 0 aliphatic heterocycles. The molecule has 0 saturated carbocycles. The maximum atomic E-state index is 12.3. The summed E-state index contributed by atoms with van der Waals surface area (Å²) in [5, 5.41) is 0. The second-order valence-corrected chi connectivity index (χ2v) is 19.5. The van der Waals surface area contributed by atoms with E-state index >= 15 is 0 Å². The molecule has 23 heavy (non-hydrogen) atoms. The van der Waals surface area contributed by atoms with Crippen molar-refractivity contribution in [3.8, 4) is 0 Å². The molecule has 0 aromatic carbocycles. The molecule has 4 nitrogen and oxygen atoms in total. The van der Waals surface area contributed by atoms with Gasteiger partial charge in [-0.1, -0.05) is 27.7 Å². The SMILES string of the molecule is CC(C)CC(=O)OC([SiH3])(O[Si](C)(C)C)C(O[Si](C)(C)C)C(C)C. The van der Waals surface area contributed by atoms with Gasteiger partial charge in [0.05, 0.1) is 10.2 Å². The molecule has 0 fully saturated rings. The van der Waals surface area contributed by atoms with E-state index in [1.165, 1.54) is 0 Å². The summed E-state index contributed by atoms with van der Waals surface area (Å²) < 4.78 is 18.7. The minimum Gasteiger partial charge on any atom is -0.437 e. The van der Waals surface area contributed by atoms with Gasteiger partial charge in [0.25, 0.3) is 0 Å². The Morgan fingerprint density at radius 2 is 1.48 bits per heavy atom. The van der Waals surface area contributed by atoms with Crippen LogP contribution in [0, 0.1) is 11.8 Å². The first-order valence-corrected chi connectivity index (χ1v) is 16.5. The number of carbonyl (C=O) groups excluding carboxylic acids is 1. The third kappa shape index (κ3) is 9.81. The van der Waals surface area contributed by atoms with Gasteiger partial charge in [0, 0.05) is 6.42 Å². The van der Waals surface area contributed by atoms with Crippen LogP contribution in [-0.2, 0) is 18.4 Å². The molecule has 0 amide bonds. The van der Waals surface area contributed by atoms with E-state index < -0.39 is 22.0 Å². The highest BCUT2D eigenvalue weighted by Crippen LogP contribution is 2.30. The largest absolute Gasteiger partial charge is 0.437 e. The summed E-state index contributed by atoms with van der Waals surface area (Å²) >= 11 is 0. The van der Waals surface area contributed by atoms with Crippen molar-refractivity contribution in [1.82, 2.24) is 0 Å². The van der Waals surface area contributed by atoms with Gasteiger partial charge in [0.2, 0.25) is 0 Å². The van der Waals surface area contributed by atoms with Crippen molar-refractivity contribution in [2.24, 2.45) is 11.8 Å². The first-order valence-electron chi connectivity index (χ1n) is 8.65. The molecule has 7 heteroatoms. The van der Waals surface area contributed by atoms with Crippen molar-refractivity contribution < 1.29 is 18.4 Å². The van der Waals surface area contributed by atoms with Gasteiger partial charge in [0.1, 0.15) is 6.10 Å². The molecule has 0 saturated heterocycles. The van der Waals surface area contributed by atoms with Crippen LogP contribution in [0.5, 0.6) is 0 Å². The number of hydrogen-bond acceptors (Lipinski definition) is 4. The van der Waals surface area contributed by atoms with Crippen LogP contribution in [0.1, 0.15) is 34.1 Å². The average Bonchev–Trinajstić information content (AvgIpc) is 2.19. The van der Waals surface area contributed by atoms with Crippen LogP contribution in [0.4, 0.5) is 0 Å². The van der Waals surface area contributed by atoms with Crippen LogP contribution in [0.2, 0.25) is 39.3 Å². The van der Waals surface area contributed by atoms with Crippen LogP contribution in [0.3, 0.4) is 0 Å². The van der Waals surface area contributed by atoms with Crippen molar-refractivity contribution in [1.29, 1.82) is 0 Å². The van der Waals surface area contributed by atoms with Crippen molar-refractivity contribution in [3.63, 3.8) is 0 Å². The molecule has 2 unspecified atom stereocenters. The highest BCUT2D eigenvalue weighted by Gasteiger charge is 2.46. The third-order valence-electron chi connectivity index (χ3n) is 3.00. The second-order valence-electron chi connectivity index (χ2n) is 9.20. The van der Waals surface area contributed by atoms with E-state index in [0.717, 1.165) is 0 Å². The van der Waals surface area contributed by atoms with Gasteiger partial charge in [0.15, 0.2) is 22.0 Å². The Kier molecular flexibility index (Phi) is 8.44. The van der Waals surface area contributed by atoms with E-state index in [9.17, 15) is 4.79 Å². The van der Waals surface area contributed by atoms with Crippen molar-refractivity contribution in [2.45, 2.75) is 84.9 Å². The molecular weight excluding hydrogens is 340 g/mol. The van der Waals surface area contributed by atoms with E-state index in [1.807, 2.05) is 13.8 Å². The molecule has 0 heterocycles. The first-order chi connectivity index (χ1) is 10.1. The van der Waals surface area contributed by atoms with Crippen LogP contribution in [-0.4, -0.2) is 44.4 Å². The quantitative estimate of drug-likeness (QED) is 0.351. The standard InChI is InChI=1S/C16H38O4Si3/c1-12(2)11-14(17)18-16(21,20-23(8,9)10)15(13(3)4)19-22(5,6)7/h12-13,15H,11H2,1-10,21H3. The molecule has 0 radical (unpaired) electrons. The summed E-state index contributed by atoms with van der Waals surface area (Å²) in [6, 6.07) is 0. The van der Waals surface area contributed by atoms with Crippen molar-refractivity contribution >= 4 is 32.8 Å². The fourth-order valence-corrected chi connectivity index (χ4v) is 8.28. The maximum absolute atomic E-state index is 12.3. The smallest absolute Gasteiger partial charge is 0.308 e. The Bertz CT molecular complexity index is 386.